The van der Waals surface area contributed by atoms with Crippen LogP contribution >= 0.6 is 0 Å². The number of methoxy groups -OCH3 is 1. The van der Waals surface area contributed by atoms with Crippen LogP contribution in [0.1, 0.15) is 16.7 Å². The van der Waals surface area contributed by atoms with Crippen molar-refractivity contribution in [3.8, 4) is 5.75 Å². The fraction of sp³-hybridized carbons (Fsp3) is 0.158. The topological polar surface area (TPSA) is 39.4 Å². The molecule has 4 nitrogen and oxygen atoms in total. The van der Waals surface area contributed by atoms with E-state index in [1.54, 1.807) is 11.8 Å². The van der Waals surface area contributed by atoms with Crippen LogP contribution in [-0.4, -0.2) is 22.6 Å². The number of ether oxygens (including phenoxy) is 1. The Morgan fingerprint density at radius 3 is 2.52 bits per heavy atom. The maximum absolute atomic E-state index is 5.48. The first-order valence-electron chi connectivity index (χ1n) is 7.45. The van der Waals surface area contributed by atoms with E-state index in [9.17, 15) is 0 Å². The van der Waals surface area contributed by atoms with Crippen molar-refractivity contribution in [1.82, 2.24) is 9.78 Å². The molecular weight excluding hydrogens is 286 g/mol. The Labute approximate surface area is 136 Å². The average molecular weight is 305 g/mol. The maximum Gasteiger partial charge on any atom is 0.144 e. The van der Waals surface area contributed by atoms with E-state index in [2.05, 4.69) is 5.10 Å². The number of hydrogen-bond acceptors (Lipinski definition) is 3. The molecule has 0 aliphatic rings. The minimum Gasteiger partial charge on any atom is -0.494 e. The highest BCUT2D eigenvalue weighted by molar-refractivity contribution is 6.13. The second-order valence-corrected chi connectivity index (χ2v) is 5.40. The summed E-state index contributed by atoms with van der Waals surface area (Å²) in [6.07, 6.45) is 3.79. The number of benzene rings is 2. The van der Waals surface area contributed by atoms with Gasteiger partial charge in [-0.25, -0.2) is 4.99 Å². The van der Waals surface area contributed by atoms with Gasteiger partial charge in [0.25, 0.3) is 0 Å². The number of aryl methyl sites for hydroxylation is 2. The number of aromatic nitrogens is 2. The van der Waals surface area contributed by atoms with Crippen LogP contribution in [-0.2, 0) is 7.05 Å². The van der Waals surface area contributed by atoms with E-state index in [4.69, 9.17) is 9.73 Å². The third-order valence-corrected chi connectivity index (χ3v) is 3.59. The lowest BCUT2D eigenvalue weighted by molar-refractivity contribution is 0.416. The molecule has 1 heterocycles. The van der Waals surface area contributed by atoms with Gasteiger partial charge in [-0.2, -0.15) is 5.10 Å². The van der Waals surface area contributed by atoms with Gasteiger partial charge in [0.2, 0.25) is 0 Å². The van der Waals surface area contributed by atoms with E-state index in [1.165, 1.54) is 0 Å². The minimum absolute atomic E-state index is 0.766. The Balaban J connectivity index is 2.16. The smallest absolute Gasteiger partial charge is 0.144 e. The van der Waals surface area contributed by atoms with Crippen molar-refractivity contribution in [2.24, 2.45) is 12.0 Å². The summed E-state index contributed by atoms with van der Waals surface area (Å²) in [5, 5.41) is 4.27. The van der Waals surface area contributed by atoms with Crippen molar-refractivity contribution >= 4 is 11.4 Å². The molecule has 1 aromatic heterocycles. The molecule has 3 aromatic rings. The second-order valence-electron chi connectivity index (χ2n) is 5.40. The normalized spacial score (nSPS) is 11.5. The standard InChI is InChI=1S/C19H19N3O/c1-14-9-10-17(18(11-14)23-3)21-19(15-7-5-4-6-8-15)16-12-20-22(2)13-16/h4-13H,1-3H3. The van der Waals surface area contributed by atoms with Crippen LogP contribution in [0.5, 0.6) is 5.75 Å². The number of hydrogen-bond donors (Lipinski definition) is 0. The summed E-state index contributed by atoms with van der Waals surface area (Å²) in [6.45, 7) is 2.04. The van der Waals surface area contributed by atoms with E-state index in [-0.39, 0.29) is 0 Å². The second kappa shape index (κ2) is 6.48. The summed E-state index contributed by atoms with van der Waals surface area (Å²) in [4.78, 5) is 4.86. The molecule has 2 aromatic carbocycles. The molecule has 116 valence electrons. The van der Waals surface area contributed by atoms with Gasteiger partial charge in [-0.05, 0) is 24.6 Å². The van der Waals surface area contributed by atoms with Crippen LogP contribution in [0.2, 0.25) is 0 Å². The first kappa shape index (κ1) is 15.0. The van der Waals surface area contributed by atoms with Gasteiger partial charge in [0.05, 0.1) is 19.0 Å². The van der Waals surface area contributed by atoms with Gasteiger partial charge < -0.3 is 4.74 Å². The lowest BCUT2D eigenvalue weighted by Crippen LogP contribution is -2.02. The maximum atomic E-state index is 5.48. The predicted molar refractivity (Wildman–Crippen MR) is 92.7 cm³/mol. The molecule has 0 aliphatic carbocycles. The molecule has 0 spiro atoms. The van der Waals surface area contributed by atoms with Gasteiger partial charge in [-0.3, -0.25) is 4.68 Å². The quantitative estimate of drug-likeness (QED) is 0.686. The summed E-state index contributed by atoms with van der Waals surface area (Å²) in [7, 11) is 3.57. The Bertz CT molecular complexity index is 835. The van der Waals surface area contributed by atoms with Crippen LogP contribution in [0, 0.1) is 6.92 Å². The van der Waals surface area contributed by atoms with Crippen molar-refractivity contribution in [3.63, 3.8) is 0 Å². The van der Waals surface area contributed by atoms with Crippen molar-refractivity contribution < 1.29 is 4.74 Å². The lowest BCUT2D eigenvalue weighted by Gasteiger charge is -2.09. The highest BCUT2D eigenvalue weighted by atomic mass is 16.5. The average Bonchev–Trinajstić information content (AvgIpc) is 3.00. The first-order valence-corrected chi connectivity index (χ1v) is 7.45. The third kappa shape index (κ3) is 3.31. The number of nitrogens with zero attached hydrogens (tertiary/aromatic N) is 3. The van der Waals surface area contributed by atoms with Crippen LogP contribution in [0.3, 0.4) is 0 Å². The molecule has 0 unspecified atom stereocenters. The molecule has 0 saturated heterocycles. The summed E-state index contributed by atoms with van der Waals surface area (Å²) < 4.78 is 7.25. The summed E-state index contributed by atoms with van der Waals surface area (Å²) in [5.41, 5.74) is 4.84. The van der Waals surface area contributed by atoms with Gasteiger partial charge >= 0.3 is 0 Å². The Morgan fingerprint density at radius 1 is 1.09 bits per heavy atom. The highest BCUT2D eigenvalue weighted by Crippen LogP contribution is 2.29. The zero-order valence-electron chi connectivity index (χ0n) is 13.5. The minimum atomic E-state index is 0.766. The van der Waals surface area contributed by atoms with Crippen molar-refractivity contribution in [3.05, 3.63) is 77.6 Å². The molecule has 0 atom stereocenters. The molecule has 0 saturated carbocycles. The van der Waals surface area contributed by atoms with E-state index >= 15 is 0 Å². The van der Waals surface area contributed by atoms with Crippen LogP contribution in [0.25, 0.3) is 0 Å². The SMILES string of the molecule is COc1cc(C)ccc1N=C(c1ccccc1)c1cnn(C)c1. The van der Waals surface area contributed by atoms with E-state index in [0.717, 1.165) is 33.8 Å². The van der Waals surface area contributed by atoms with E-state index in [1.807, 2.05) is 74.9 Å². The number of aliphatic imine (C=N–C) groups is 1. The van der Waals surface area contributed by atoms with Crippen LogP contribution in [0.4, 0.5) is 5.69 Å². The molecule has 0 aliphatic heterocycles. The highest BCUT2D eigenvalue weighted by Gasteiger charge is 2.11. The first-order chi connectivity index (χ1) is 11.2. The van der Waals surface area contributed by atoms with Crippen LogP contribution < -0.4 is 4.74 Å². The molecule has 0 amide bonds. The molecule has 23 heavy (non-hydrogen) atoms. The Hall–Kier alpha value is -2.88. The Morgan fingerprint density at radius 2 is 1.87 bits per heavy atom. The fourth-order valence-electron chi connectivity index (χ4n) is 2.43. The molecule has 0 radical (unpaired) electrons. The van der Waals surface area contributed by atoms with Crippen molar-refractivity contribution in [2.45, 2.75) is 6.92 Å². The Kier molecular flexibility index (Phi) is 4.24. The van der Waals surface area contributed by atoms with Crippen LogP contribution in [0.15, 0.2) is 65.9 Å². The van der Waals surface area contributed by atoms with Gasteiger partial charge in [-0.15, -0.1) is 0 Å². The summed E-state index contributed by atoms with van der Waals surface area (Å²) in [6, 6.07) is 16.1. The van der Waals surface area contributed by atoms with Gasteiger partial charge in [0, 0.05) is 24.4 Å². The molecule has 4 heteroatoms. The monoisotopic (exact) mass is 305 g/mol. The fourth-order valence-corrected chi connectivity index (χ4v) is 2.43. The van der Waals surface area contributed by atoms with E-state index in [0.29, 0.717) is 0 Å². The number of rotatable bonds is 4. The summed E-state index contributed by atoms with van der Waals surface area (Å²) in [5.74, 6) is 0.766. The van der Waals surface area contributed by atoms with Gasteiger partial charge in [-0.1, -0.05) is 36.4 Å². The molecular formula is C19H19N3O. The predicted octanol–water partition coefficient (Wildman–Crippen LogP) is 3.91. The largest absolute Gasteiger partial charge is 0.494 e. The molecule has 0 fully saturated rings. The molecule has 3 rings (SSSR count). The summed E-state index contributed by atoms with van der Waals surface area (Å²) >= 11 is 0. The molecule has 0 bridgehead atoms. The van der Waals surface area contributed by atoms with Crippen molar-refractivity contribution in [1.29, 1.82) is 0 Å². The zero-order valence-corrected chi connectivity index (χ0v) is 13.5. The van der Waals surface area contributed by atoms with Crippen molar-refractivity contribution in [2.75, 3.05) is 7.11 Å². The van der Waals surface area contributed by atoms with Gasteiger partial charge in [0.1, 0.15) is 11.4 Å². The zero-order chi connectivity index (χ0) is 16.2. The third-order valence-electron chi connectivity index (χ3n) is 3.59. The lowest BCUT2D eigenvalue weighted by atomic mass is 10.1. The molecule has 0 N–H and O–H groups in total. The van der Waals surface area contributed by atoms with Gasteiger partial charge in [0.15, 0.2) is 0 Å². The van der Waals surface area contributed by atoms with E-state index < -0.39 is 0 Å².